The maximum Gasteiger partial charge on any atom is 0.224 e. The highest BCUT2D eigenvalue weighted by atomic mass is 16.5. The summed E-state index contributed by atoms with van der Waals surface area (Å²) < 4.78 is 10.5. The number of hydrogen-bond donors (Lipinski definition) is 1. The molecule has 0 aliphatic heterocycles. The first kappa shape index (κ1) is 14.2. The van der Waals surface area contributed by atoms with E-state index in [-0.39, 0.29) is 5.91 Å². The molecule has 2 saturated carbocycles. The Labute approximate surface area is 125 Å². The van der Waals surface area contributed by atoms with Crippen molar-refractivity contribution in [2.24, 2.45) is 17.8 Å². The van der Waals surface area contributed by atoms with Gasteiger partial charge in [0.15, 0.2) is 11.5 Å². The van der Waals surface area contributed by atoms with Gasteiger partial charge in [-0.05, 0) is 49.1 Å². The van der Waals surface area contributed by atoms with E-state index in [4.69, 9.17) is 9.47 Å². The molecule has 0 saturated heterocycles. The smallest absolute Gasteiger partial charge is 0.224 e. The highest BCUT2D eigenvalue weighted by molar-refractivity contribution is 5.91. The van der Waals surface area contributed by atoms with Gasteiger partial charge in [0.05, 0.1) is 14.2 Å². The maximum atomic E-state index is 12.2. The number of methoxy groups -OCH3 is 2. The predicted molar refractivity (Wildman–Crippen MR) is 81.7 cm³/mol. The standard InChI is InChI=1S/C17H23NO3/c1-20-15-6-5-14(10-16(15)21-2)18-17(19)9-13-8-11-3-4-12(13)7-11/h5-6,10-13H,3-4,7-9H2,1-2H3,(H,18,19)/t11-,12+,13-/m0/s1. The van der Waals surface area contributed by atoms with Crippen LogP contribution in [0.2, 0.25) is 0 Å². The molecule has 0 heterocycles. The number of anilines is 1. The monoisotopic (exact) mass is 289 g/mol. The van der Waals surface area contributed by atoms with Crippen molar-refractivity contribution in [3.8, 4) is 11.5 Å². The van der Waals surface area contributed by atoms with E-state index in [9.17, 15) is 4.79 Å². The minimum absolute atomic E-state index is 0.111. The number of ether oxygens (including phenoxy) is 2. The Bertz CT molecular complexity index is 529. The molecule has 1 aromatic carbocycles. The Hall–Kier alpha value is -1.71. The maximum absolute atomic E-state index is 12.2. The van der Waals surface area contributed by atoms with Crippen LogP contribution >= 0.6 is 0 Å². The van der Waals surface area contributed by atoms with Crippen LogP contribution in [0.15, 0.2) is 18.2 Å². The topological polar surface area (TPSA) is 47.6 Å². The highest BCUT2D eigenvalue weighted by Gasteiger charge is 2.40. The van der Waals surface area contributed by atoms with Crippen molar-refractivity contribution in [2.45, 2.75) is 32.1 Å². The van der Waals surface area contributed by atoms with E-state index in [1.807, 2.05) is 12.1 Å². The summed E-state index contributed by atoms with van der Waals surface area (Å²) >= 11 is 0. The average molecular weight is 289 g/mol. The third kappa shape index (κ3) is 2.99. The van der Waals surface area contributed by atoms with Gasteiger partial charge in [-0.15, -0.1) is 0 Å². The van der Waals surface area contributed by atoms with Crippen LogP contribution in [-0.2, 0) is 4.79 Å². The van der Waals surface area contributed by atoms with E-state index in [0.717, 1.165) is 17.5 Å². The fourth-order valence-electron chi connectivity index (χ4n) is 3.99. The lowest BCUT2D eigenvalue weighted by atomic mass is 9.86. The molecule has 4 heteroatoms. The summed E-state index contributed by atoms with van der Waals surface area (Å²) in [4.78, 5) is 12.2. The zero-order valence-electron chi connectivity index (χ0n) is 12.7. The lowest BCUT2D eigenvalue weighted by Crippen LogP contribution is -2.20. The van der Waals surface area contributed by atoms with E-state index >= 15 is 0 Å². The summed E-state index contributed by atoms with van der Waals surface area (Å²) in [7, 11) is 3.20. The Balaban J connectivity index is 1.59. The van der Waals surface area contributed by atoms with E-state index in [0.29, 0.717) is 23.8 Å². The second-order valence-electron chi connectivity index (χ2n) is 6.26. The normalized spacial score (nSPS) is 26.7. The summed E-state index contributed by atoms with van der Waals surface area (Å²) in [5.74, 6) is 3.67. The molecule has 0 aromatic heterocycles. The summed E-state index contributed by atoms with van der Waals surface area (Å²) in [5, 5.41) is 2.98. The summed E-state index contributed by atoms with van der Waals surface area (Å²) in [6.07, 6.45) is 5.92. The molecule has 2 bridgehead atoms. The van der Waals surface area contributed by atoms with Crippen molar-refractivity contribution in [1.29, 1.82) is 0 Å². The van der Waals surface area contributed by atoms with Crippen LogP contribution in [0, 0.1) is 17.8 Å². The Morgan fingerprint density at radius 2 is 2.00 bits per heavy atom. The largest absolute Gasteiger partial charge is 0.493 e. The van der Waals surface area contributed by atoms with Crippen molar-refractivity contribution >= 4 is 11.6 Å². The average Bonchev–Trinajstić information content (AvgIpc) is 3.09. The number of carbonyl (C=O) groups is 1. The zero-order chi connectivity index (χ0) is 14.8. The molecule has 0 radical (unpaired) electrons. The van der Waals surface area contributed by atoms with Gasteiger partial charge in [0.2, 0.25) is 5.91 Å². The molecule has 0 spiro atoms. The van der Waals surface area contributed by atoms with Crippen LogP contribution in [0.5, 0.6) is 11.5 Å². The molecule has 2 aliphatic carbocycles. The quantitative estimate of drug-likeness (QED) is 0.903. The van der Waals surface area contributed by atoms with E-state index in [1.165, 1.54) is 25.7 Å². The Kier molecular flexibility index (Phi) is 4.04. The minimum Gasteiger partial charge on any atom is -0.493 e. The molecule has 3 atom stereocenters. The van der Waals surface area contributed by atoms with Crippen LogP contribution in [0.1, 0.15) is 32.1 Å². The van der Waals surface area contributed by atoms with Gasteiger partial charge in [0, 0.05) is 18.2 Å². The summed E-state index contributed by atoms with van der Waals surface area (Å²) in [5.41, 5.74) is 0.765. The Morgan fingerprint density at radius 3 is 2.62 bits per heavy atom. The molecule has 2 fully saturated rings. The van der Waals surface area contributed by atoms with Crippen LogP contribution in [0.25, 0.3) is 0 Å². The fraction of sp³-hybridized carbons (Fsp3) is 0.588. The van der Waals surface area contributed by atoms with Crippen LogP contribution in [0.4, 0.5) is 5.69 Å². The Morgan fingerprint density at radius 1 is 1.19 bits per heavy atom. The van der Waals surface area contributed by atoms with Gasteiger partial charge in [0.25, 0.3) is 0 Å². The third-order valence-corrected chi connectivity index (χ3v) is 5.00. The van der Waals surface area contributed by atoms with Crippen LogP contribution < -0.4 is 14.8 Å². The number of benzene rings is 1. The van der Waals surface area contributed by atoms with Gasteiger partial charge in [-0.1, -0.05) is 6.42 Å². The van der Waals surface area contributed by atoms with Gasteiger partial charge in [0.1, 0.15) is 0 Å². The van der Waals surface area contributed by atoms with Crippen molar-refractivity contribution in [3.05, 3.63) is 18.2 Å². The molecule has 1 amide bonds. The first-order valence-corrected chi connectivity index (χ1v) is 7.71. The molecule has 114 valence electrons. The SMILES string of the molecule is COc1ccc(NC(=O)C[C@@H]2C[C@H]3CC[C@@H]2C3)cc1OC. The molecule has 3 rings (SSSR count). The first-order valence-electron chi connectivity index (χ1n) is 7.71. The van der Waals surface area contributed by atoms with Gasteiger partial charge in [-0.2, -0.15) is 0 Å². The number of carbonyl (C=O) groups excluding carboxylic acids is 1. The predicted octanol–water partition coefficient (Wildman–Crippen LogP) is 3.47. The minimum atomic E-state index is 0.111. The zero-order valence-corrected chi connectivity index (χ0v) is 12.7. The molecule has 1 aromatic rings. The molecule has 2 aliphatic rings. The van der Waals surface area contributed by atoms with E-state index < -0.39 is 0 Å². The second-order valence-corrected chi connectivity index (χ2v) is 6.26. The fourth-order valence-corrected chi connectivity index (χ4v) is 3.99. The van der Waals surface area contributed by atoms with Crippen molar-refractivity contribution < 1.29 is 14.3 Å². The van der Waals surface area contributed by atoms with Gasteiger partial charge in [-0.3, -0.25) is 4.79 Å². The van der Waals surface area contributed by atoms with E-state index in [1.54, 1.807) is 20.3 Å². The molecule has 0 unspecified atom stereocenters. The van der Waals surface area contributed by atoms with Crippen LogP contribution in [0.3, 0.4) is 0 Å². The second kappa shape index (κ2) is 5.96. The first-order chi connectivity index (χ1) is 10.2. The van der Waals surface area contributed by atoms with Crippen molar-refractivity contribution in [2.75, 3.05) is 19.5 Å². The summed E-state index contributed by atoms with van der Waals surface area (Å²) in [6, 6.07) is 5.46. The number of amides is 1. The van der Waals surface area contributed by atoms with E-state index in [2.05, 4.69) is 5.32 Å². The molecular formula is C17H23NO3. The van der Waals surface area contributed by atoms with Gasteiger partial charge in [-0.25, -0.2) is 0 Å². The van der Waals surface area contributed by atoms with Gasteiger partial charge < -0.3 is 14.8 Å². The molecular weight excluding hydrogens is 266 g/mol. The van der Waals surface area contributed by atoms with Crippen molar-refractivity contribution in [3.63, 3.8) is 0 Å². The number of rotatable bonds is 5. The lowest BCUT2D eigenvalue weighted by Gasteiger charge is -2.21. The number of fused-ring (bicyclic) bond motifs is 2. The lowest BCUT2D eigenvalue weighted by molar-refractivity contribution is -0.117. The third-order valence-electron chi connectivity index (χ3n) is 5.00. The highest BCUT2D eigenvalue weighted by Crippen LogP contribution is 2.49. The van der Waals surface area contributed by atoms with Gasteiger partial charge >= 0.3 is 0 Å². The number of nitrogens with one attached hydrogen (secondary N) is 1. The number of hydrogen-bond acceptors (Lipinski definition) is 3. The molecule has 4 nitrogen and oxygen atoms in total. The van der Waals surface area contributed by atoms with Crippen molar-refractivity contribution in [1.82, 2.24) is 0 Å². The summed E-state index contributed by atoms with van der Waals surface area (Å²) in [6.45, 7) is 0. The van der Waals surface area contributed by atoms with Crippen LogP contribution in [-0.4, -0.2) is 20.1 Å². The molecule has 1 N–H and O–H groups in total. The molecule has 21 heavy (non-hydrogen) atoms.